The summed E-state index contributed by atoms with van der Waals surface area (Å²) in [4.78, 5) is 4.52. The highest BCUT2D eigenvalue weighted by molar-refractivity contribution is 9.10. The first-order chi connectivity index (χ1) is 43.0. The van der Waals surface area contributed by atoms with Crippen molar-refractivity contribution < 1.29 is 9.47 Å². The zero-order valence-electron chi connectivity index (χ0n) is 50.6. The van der Waals surface area contributed by atoms with Crippen LogP contribution in [-0.2, 0) is 10.8 Å². The van der Waals surface area contributed by atoms with Crippen molar-refractivity contribution in [1.82, 2.24) is 0 Å². The van der Waals surface area contributed by atoms with E-state index in [0.29, 0.717) is 0 Å². The van der Waals surface area contributed by atoms with E-state index in [-0.39, 0.29) is 5.41 Å². The van der Waals surface area contributed by atoms with Crippen LogP contribution in [0.4, 0.5) is 34.1 Å². The van der Waals surface area contributed by atoms with E-state index in [9.17, 15) is 0 Å². The zero-order chi connectivity index (χ0) is 60.9. The van der Waals surface area contributed by atoms with Crippen LogP contribution in [0.5, 0.6) is 17.2 Å². The number of nitrogens with zero attached hydrogens (tertiary/aromatic N) is 2. The third kappa shape index (κ3) is 11.4. The van der Waals surface area contributed by atoms with Gasteiger partial charge in [-0.05, 0) is 245 Å². The second-order valence-corrected chi connectivity index (χ2v) is 25.0. The normalized spacial score (nSPS) is 14.4. The van der Waals surface area contributed by atoms with Gasteiger partial charge in [-0.15, -0.1) is 0 Å². The van der Waals surface area contributed by atoms with Gasteiger partial charge >= 0.3 is 0 Å². The van der Waals surface area contributed by atoms with Crippen molar-refractivity contribution in [2.75, 3.05) is 9.80 Å². The molecule has 0 saturated carbocycles. The predicted molar refractivity (Wildman–Crippen MR) is 379 cm³/mol. The summed E-state index contributed by atoms with van der Waals surface area (Å²) >= 11 is 7.92. The predicted octanol–water partition coefficient (Wildman–Crippen LogP) is 24.5. The number of rotatable bonds is 22. The Labute approximate surface area is 537 Å². The van der Waals surface area contributed by atoms with E-state index < -0.39 is 5.41 Å². The first-order valence-corrected chi connectivity index (χ1v) is 32.2. The second kappa shape index (κ2) is 25.8. The van der Waals surface area contributed by atoms with E-state index >= 15 is 0 Å². The molecule has 0 aliphatic heterocycles. The van der Waals surface area contributed by atoms with Crippen LogP contribution in [0.3, 0.4) is 0 Å². The molecule has 436 valence electrons. The zero-order valence-corrected chi connectivity index (χ0v) is 53.8. The van der Waals surface area contributed by atoms with Gasteiger partial charge in [0, 0.05) is 48.5 Å². The van der Waals surface area contributed by atoms with Crippen molar-refractivity contribution in [3.05, 3.63) is 327 Å². The first kappa shape index (κ1) is 59.4. The Morgan fingerprint density at radius 1 is 0.443 bits per heavy atom. The standard InChI is InChI=1S/C82H72Br2N2O2/c1-8-13-49-81(50-14-9-2)77-52-62(83)27-47-73(77)75-55-80-76(54-78(75)81)74-48-28-63(84)53-79(74)82(80,60(12-5)16-15-51-87-70-43-37-68(38-44-70)85(64-29-17-56(6)18-30-64)66-33-21-58(10-3)22-34-66)61-25-41-71(42-26-61)88-72-45-39-69(40-46-72)86(65-31-19-57(7)20-32-65)67-35-23-59(11-4)24-36-67/h10-12,15-48,51-55H,3-5,8-9,13-14,49-50H2,1-2,6-7H3. The molecule has 12 rings (SSSR count). The molecule has 0 radical (unpaired) electrons. The molecule has 0 N–H and O–H groups in total. The van der Waals surface area contributed by atoms with Crippen molar-refractivity contribution in [3.8, 4) is 39.5 Å². The summed E-state index contributed by atoms with van der Waals surface area (Å²) in [5, 5.41) is 0. The van der Waals surface area contributed by atoms with Crippen molar-refractivity contribution in [2.45, 2.75) is 77.0 Å². The number of hydrogen-bond donors (Lipinski definition) is 0. The van der Waals surface area contributed by atoms with Crippen LogP contribution in [0.15, 0.2) is 277 Å². The van der Waals surface area contributed by atoms with Gasteiger partial charge in [0.15, 0.2) is 0 Å². The molecular formula is C82H72Br2N2O2. The lowest BCUT2D eigenvalue weighted by atomic mass is 9.66. The van der Waals surface area contributed by atoms with Gasteiger partial charge < -0.3 is 19.3 Å². The number of unbranched alkanes of at least 4 members (excludes halogenated alkanes) is 2. The van der Waals surface area contributed by atoms with Crippen LogP contribution in [0, 0.1) is 13.8 Å². The quantitative estimate of drug-likeness (QED) is 0.0499. The minimum atomic E-state index is -0.808. The van der Waals surface area contributed by atoms with Crippen LogP contribution in [0.2, 0.25) is 0 Å². The number of halogens is 2. The SMILES string of the molecule is C=CC(=CC=COc1ccc(N(c2ccc(C)cc2)c2ccc(C=C)cc2)cc1)C1(c2ccc(Oc3ccc(N(c4ccc(C)cc4)c4ccc(C=C)cc4)cc3)cc2)c2cc(Br)ccc2-c2cc3c(cc21)-c1ccc(Br)cc1C3(CCCC)CCCC. The highest BCUT2D eigenvalue weighted by Gasteiger charge is 2.50. The highest BCUT2D eigenvalue weighted by atomic mass is 79.9. The molecule has 4 nitrogen and oxygen atoms in total. The fourth-order valence-corrected chi connectivity index (χ4v) is 14.0. The number of hydrogen-bond acceptors (Lipinski definition) is 4. The number of anilines is 6. The molecule has 0 spiro atoms. The molecule has 0 saturated heterocycles. The first-order valence-electron chi connectivity index (χ1n) is 30.6. The molecule has 10 aromatic carbocycles. The van der Waals surface area contributed by atoms with Gasteiger partial charge in [0.05, 0.1) is 11.7 Å². The Balaban J connectivity index is 0.938. The van der Waals surface area contributed by atoms with Crippen LogP contribution >= 0.6 is 31.9 Å². The maximum Gasteiger partial charge on any atom is 0.127 e. The molecule has 88 heavy (non-hydrogen) atoms. The summed E-state index contributed by atoms with van der Waals surface area (Å²) < 4.78 is 15.4. The highest BCUT2D eigenvalue weighted by Crippen LogP contribution is 2.63. The fourth-order valence-electron chi connectivity index (χ4n) is 13.3. The summed E-state index contributed by atoms with van der Waals surface area (Å²) in [5.41, 5.74) is 22.4. The summed E-state index contributed by atoms with van der Waals surface area (Å²) in [6, 6.07) is 78.4. The van der Waals surface area contributed by atoms with Gasteiger partial charge in [0.2, 0.25) is 0 Å². The molecule has 10 aromatic rings. The van der Waals surface area contributed by atoms with Crippen LogP contribution in [0.1, 0.15) is 102 Å². The van der Waals surface area contributed by atoms with Crippen molar-refractivity contribution >= 4 is 78.1 Å². The third-order valence-electron chi connectivity index (χ3n) is 17.7. The van der Waals surface area contributed by atoms with Gasteiger partial charge in [0.25, 0.3) is 0 Å². The molecule has 1 unspecified atom stereocenters. The van der Waals surface area contributed by atoms with Crippen LogP contribution in [-0.4, -0.2) is 0 Å². The fraction of sp³-hybridized carbons (Fsp3) is 0.146. The van der Waals surface area contributed by atoms with Crippen molar-refractivity contribution in [2.24, 2.45) is 0 Å². The van der Waals surface area contributed by atoms with Gasteiger partial charge in [-0.3, -0.25) is 0 Å². The molecule has 0 heterocycles. The Bertz CT molecular complexity index is 4230. The molecule has 2 aliphatic rings. The number of ether oxygens (including phenoxy) is 2. The summed E-state index contributed by atoms with van der Waals surface area (Å²) in [7, 11) is 0. The van der Waals surface area contributed by atoms with Gasteiger partial charge in [-0.1, -0.05) is 199 Å². The Hall–Kier alpha value is -8.94. The van der Waals surface area contributed by atoms with Gasteiger partial charge in [-0.25, -0.2) is 0 Å². The minimum Gasteiger partial charge on any atom is -0.465 e. The Morgan fingerprint density at radius 2 is 0.830 bits per heavy atom. The van der Waals surface area contributed by atoms with Crippen LogP contribution in [0.25, 0.3) is 34.4 Å². The second-order valence-electron chi connectivity index (χ2n) is 23.2. The maximum atomic E-state index is 6.75. The average Bonchev–Trinajstić information content (AvgIpc) is 1.54. The Kier molecular flexibility index (Phi) is 17.4. The van der Waals surface area contributed by atoms with E-state index in [0.717, 1.165) is 121 Å². The third-order valence-corrected chi connectivity index (χ3v) is 18.7. The summed E-state index contributed by atoms with van der Waals surface area (Å²) in [5.74, 6) is 2.19. The lowest BCUT2D eigenvalue weighted by Gasteiger charge is -2.36. The minimum absolute atomic E-state index is 0.116. The molecule has 1 atom stereocenters. The van der Waals surface area contributed by atoms with E-state index in [1.807, 2.05) is 48.6 Å². The smallest absolute Gasteiger partial charge is 0.127 e. The number of fused-ring (bicyclic) bond motifs is 6. The largest absolute Gasteiger partial charge is 0.465 e. The Morgan fingerprint density at radius 3 is 1.30 bits per heavy atom. The van der Waals surface area contributed by atoms with E-state index in [2.05, 4.69) is 289 Å². The maximum absolute atomic E-state index is 6.75. The lowest BCUT2D eigenvalue weighted by Crippen LogP contribution is -2.29. The lowest BCUT2D eigenvalue weighted by molar-refractivity contribution is 0.414. The molecule has 0 bridgehead atoms. The van der Waals surface area contributed by atoms with Crippen molar-refractivity contribution in [1.29, 1.82) is 0 Å². The summed E-state index contributed by atoms with van der Waals surface area (Å²) in [6.07, 6.45) is 18.5. The monoisotopic (exact) mass is 1270 g/mol. The molecule has 6 heteroatoms. The molecular weight excluding hydrogens is 1200 g/mol. The number of benzene rings is 10. The van der Waals surface area contributed by atoms with Gasteiger partial charge in [0.1, 0.15) is 17.2 Å². The van der Waals surface area contributed by atoms with E-state index in [4.69, 9.17) is 9.47 Å². The average molecular weight is 1280 g/mol. The molecule has 0 fully saturated rings. The van der Waals surface area contributed by atoms with Gasteiger partial charge in [-0.2, -0.15) is 0 Å². The topological polar surface area (TPSA) is 24.9 Å². The van der Waals surface area contributed by atoms with Crippen LogP contribution < -0.4 is 19.3 Å². The van der Waals surface area contributed by atoms with E-state index in [1.165, 1.54) is 55.6 Å². The number of aryl methyl sites for hydroxylation is 2. The molecule has 2 aliphatic carbocycles. The molecule has 0 aromatic heterocycles. The molecule has 0 amide bonds. The van der Waals surface area contributed by atoms with Crippen molar-refractivity contribution in [3.63, 3.8) is 0 Å². The summed E-state index contributed by atoms with van der Waals surface area (Å²) in [6.45, 7) is 21.4. The van der Waals surface area contributed by atoms with E-state index in [1.54, 1.807) is 6.26 Å². The number of allylic oxidation sites excluding steroid dienone is 4.